The number of hydrogen-bond acceptors (Lipinski definition) is 4. The number of carbonyl (C=O) groups excluding carboxylic acids is 1. The van der Waals surface area contributed by atoms with Crippen LogP contribution in [0.1, 0.15) is 26.2 Å². The quantitative estimate of drug-likeness (QED) is 0.879. The molecule has 2 atom stereocenters. The zero-order valence-corrected chi connectivity index (χ0v) is 14.9. The Morgan fingerprint density at radius 2 is 1.96 bits per heavy atom. The highest BCUT2D eigenvalue weighted by Gasteiger charge is 2.30. The molecular weight excluding hydrogens is 321 g/mol. The molecule has 2 aliphatic heterocycles. The molecule has 1 amide bonds. The van der Waals surface area contributed by atoms with Crippen molar-refractivity contribution in [2.45, 2.75) is 38.3 Å². The molecule has 138 valence electrons. The smallest absolute Gasteiger partial charge is 0.236 e. The Bertz CT molecular complexity index is 588. The molecule has 1 N–H and O–H groups in total. The van der Waals surface area contributed by atoms with Crippen LogP contribution in [0.5, 0.6) is 0 Å². The zero-order chi connectivity index (χ0) is 17.8. The van der Waals surface area contributed by atoms with E-state index in [-0.39, 0.29) is 17.8 Å². The molecule has 0 aromatic heterocycles. The number of amides is 1. The van der Waals surface area contributed by atoms with Gasteiger partial charge in [-0.25, -0.2) is 4.39 Å². The van der Waals surface area contributed by atoms with Gasteiger partial charge in [-0.15, -0.1) is 0 Å². The first-order chi connectivity index (χ1) is 12.0. The van der Waals surface area contributed by atoms with Crippen LogP contribution in [-0.2, 0) is 4.79 Å². The van der Waals surface area contributed by atoms with Gasteiger partial charge in [-0.1, -0.05) is 12.1 Å². The predicted molar refractivity (Wildman–Crippen MR) is 96.1 cm³/mol. The minimum absolute atomic E-state index is 0.144. The molecule has 6 heteroatoms. The molecule has 2 aliphatic rings. The topological polar surface area (TPSA) is 47.0 Å². The average molecular weight is 349 g/mol. The van der Waals surface area contributed by atoms with Gasteiger partial charge in [0.2, 0.25) is 5.91 Å². The van der Waals surface area contributed by atoms with Gasteiger partial charge in [0.1, 0.15) is 5.82 Å². The summed E-state index contributed by atoms with van der Waals surface area (Å²) in [4.78, 5) is 18.7. The van der Waals surface area contributed by atoms with Crippen LogP contribution in [0.3, 0.4) is 0 Å². The normalized spacial score (nSPS) is 23.1. The summed E-state index contributed by atoms with van der Waals surface area (Å²) in [5.74, 6) is -0.0639. The molecule has 1 aromatic rings. The molecule has 2 saturated heterocycles. The summed E-state index contributed by atoms with van der Waals surface area (Å²) in [5.41, 5.74) is 0.617. The summed E-state index contributed by atoms with van der Waals surface area (Å²) in [6.07, 6.45) is 2.55. The van der Waals surface area contributed by atoms with E-state index in [4.69, 9.17) is 0 Å². The summed E-state index contributed by atoms with van der Waals surface area (Å²) in [5, 5.41) is 9.62. The lowest BCUT2D eigenvalue weighted by Crippen LogP contribution is -2.52. The second-order valence-electron chi connectivity index (χ2n) is 7.17. The van der Waals surface area contributed by atoms with Crippen LogP contribution >= 0.6 is 0 Å². The van der Waals surface area contributed by atoms with E-state index in [1.54, 1.807) is 19.1 Å². The van der Waals surface area contributed by atoms with Crippen molar-refractivity contribution in [1.82, 2.24) is 9.80 Å². The van der Waals surface area contributed by atoms with Gasteiger partial charge >= 0.3 is 0 Å². The maximum absolute atomic E-state index is 13.9. The van der Waals surface area contributed by atoms with Crippen LogP contribution in [0.4, 0.5) is 10.1 Å². The van der Waals surface area contributed by atoms with Gasteiger partial charge in [0.05, 0.1) is 18.3 Å². The van der Waals surface area contributed by atoms with E-state index < -0.39 is 0 Å². The fourth-order valence-corrected chi connectivity index (χ4v) is 3.94. The first kappa shape index (κ1) is 18.1. The van der Waals surface area contributed by atoms with Gasteiger partial charge in [-0.05, 0) is 44.9 Å². The Morgan fingerprint density at radius 3 is 2.64 bits per heavy atom. The van der Waals surface area contributed by atoms with E-state index >= 15 is 0 Å². The Kier molecular flexibility index (Phi) is 5.91. The summed E-state index contributed by atoms with van der Waals surface area (Å²) < 4.78 is 13.9. The molecular formula is C19H28FN3O2. The number of halogens is 1. The highest BCUT2D eigenvalue weighted by atomic mass is 19.1. The molecule has 0 aliphatic carbocycles. The lowest BCUT2D eigenvalue weighted by molar-refractivity contribution is -0.133. The second-order valence-corrected chi connectivity index (χ2v) is 7.17. The second kappa shape index (κ2) is 8.15. The first-order valence-corrected chi connectivity index (χ1v) is 9.24. The highest BCUT2D eigenvalue weighted by Crippen LogP contribution is 2.23. The van der Waals surface area contributed by atoms with Crippen LogP contribution in [0.25, 0.3) is 0 Å². The van der Waals surface area contributed by atoms with Gasteiger partial charge < -0.3 is 14.9 Å². The van der Waals surface area contributed by atoms with Crippen molar-refractivity contribution in [2.75, 3.05) is 44.2 Å². The van der Waals surface area contributed by atoms with Crippen LogP contribution in [0.15, 0.2) is 24.3 Å². The minimum Gasteiger partial charge on any atom is -0.393 e. The van der Waals surface area contributed by atoms with Gasteiger partial charge in [0.15, 0.2) is 0 Å². The average Bonchev–Trinajstić information content (AvgIpc) is 3.01. The Balaban J connectivity index is 1.51. The molecule has 2 heterocycles. The number of likely N-dealkylation sites (tertiary alicyclic amines) is 1. The van der Waals surface area contributed by atoms with Gasteiger partial charge in [0.25, 0.3) is 0 Å². The molecule has 0 bridgehead atoms. The van der Waals surface area contributed by atoms with E-state index in [0.717, 1.165) is 25.8 Å². The Morgan fingerprint density at radius 1 is 1.24 bits per heavy atom. The lowest BCUT2D eigenvalue weighted by atomic mass is 10.1. The van der Waals surface area contributed by atoms with E-state index in [9.17, 15) is 14.3 Å². The molecule has 2 unspecified atom stereocenters. The first-order valence-electron chi connectivity index (χ1n) is 9.24. The molecule has 0 radical (unpaired) electrons. The fourth-order valence-electron chi connectivity index (χ4n) is 3.94. The molecule has 2 fully saturated rings. The van der Waals surface area contributed by atoms with Gasteiger partial charge in [-0.3, -0.25) is 9.69 Å². The largest absolute Gasteiger partial charge is 0.393 e. The van der Waals surface area contributed by atoms with Crippen LogP contribution in [0.2, 0.25) is 0 Å². The van der Waals surface area contributed by atoms with Crippen molar-refractivity contribution in [3.05, 3.63) is 30.1 Å². The van der Waals surface area contributed by atoms with Crippen LogP contribution < -0.4 is 4.90 Å². The fraction of sp³-hybridized carbons (Fsp3) is 0.632. The maximum Gasteiger partial charge on any atom is 0.236 e. The molecule has 3 rings (SSSR count). The van der Waals surface area contributed by atoms with E-state index in [1.165, 1.54) is 6.07 Å². The minimum atomic E-state index is -0.329. The third kappa shape index (κ3) is 4.50. The van der Waals surface area contributed by atoms with E-state index in [1.807, 2.05) is 15.9 Å². The monoisotopic (exact) mass is 349 g/mol. The number of aliphatic hydroxyl groups excluding tert-OH is 1. The number of anilines is 1. The summed E-state index contributed by atoms with van der Waals surface area (Å²) >= 11 is 0. The number of piperazine rings is 1. The van der Waals surface area contributed by atoms with Crippen molar-refractivity contribution in [3.63, 3.8) is 0 Å². The number of carbonyl (C=O) groups is 1. The van der Waals surface area contributed by atoms with Crippen LogP contribution in [-0.4, -0.2) is 72.2 Å². The zero-order valence-electron chi connectivity index (χ0n) is 14.9. The number of benzene rings is 1. The predicted octanol–water partition coefficient (Wildman–Crippen LogP) is 1.71. The van der Waals surface area contributed by atoms with Crippen molar-refractivity contribution < 1.29 is 14.3 Å². The SMILES string of the molecule is CC(O)CC1CCCN1CC(=O)N1CCN(c2ccccc2F)CC1. The van der Waals surface area contributed by atoms with Crippen molar-refractivity contribution >= 4 is 11.6 Å². The standard InChI is InChI=1S/C19H28FN3O2/c1-15(24)13-16-5-4-8-23(16)14-19(25)22-11-9-21(10-12-22)18-7-3-2-6-17(18)20/h2-3,6-7,15-16,24H,4-5,8-14H2,1H3. The summed E-state index contributed by atoms with van der Waals surface area (Å²) in [6, 6.07) is 7.10. The Labute approximate surface area is 149 Å². The molecule has 0 spiro atoms. The lowest BCUT2D eigenvalue weighted by Gasteiger charge is -2.37. The molecule has 25 heavy (non-hydrogen) atoms. The Hall–Kier alpha value is -1.66. The van der Waals surface area contributed by atoms with E-state index in [0.29, 0.717) is 44.5 Å². The van der Waals surface area contributed by atoms with Crippen molar-refractivity contribution in [2.24, 2.45) is 0 Å². The number of hydrogen-bond donors (Lipinski definition) is 1. The third-order valence-electron chi connectivity index (χ3n) is 5.28. The van der Waals surface area contributed by atoms with Crippen molar-refractivity contribution in [1.29, 1.82) is 0 Å². The van der Waals surface area contributed by atoms with Crippen LogP contribution in [0, 0.1) is 5.82 Å². The summed E-state index contributed by atoms with van der Waals surface area (Å²) in [6.45, 7) is 5.73. The third-order valence-corrected chi connectivity index (χ3v) is 5.28. The number of aliphatic hydroxyl groups is 1. The summed E-state index contributed by atoms with van der Waals surface area (Å²) in [7, 11) is 0. The number of rotatable bonds is 5. The number of para-hydroxylation sites is 1. The van der Waals surface area contributed by atoms with Gasteiger partial charge in [0, 0.05) is 32.2 Å². The molecule has 0 saturated carbocycles. The van der Waals surface area contributed by atoms with E-state index in [2.05, 4.69) is 4.90 Å². The maximum atomic E-state index is 13.9. The van der Waals surface area contributed by atoms with Gasteiger partial charge in [-0.2, -0.15) is 0 Å². The molecule has 1 aromatic carbocycles. The molecule has 5 nitrogen and oxygen atoms in total. The number of nitrogens with zero attached hydrogens (tertiary/aromatic N) is 3. The highest BCUT2D eigenvalue weighted by molar-refractivity contribution is 5.78. The van der Waals surface area contributed by atoms with Crippen molar-refractivity contribution in [3.8, 4) is 0 Å².